The number of rotatable bonds is 11. The summed E-state index contributed by atoms with van der Waals surface area (Å²) in [6.45, 7) is 0.0804. The standard InChI is InChI=1S/C16H19F3N8O6S3/c17-16(18,19)5-36(33)4-8(28)22-9-11(29)27-10(13(30)31)6(3-34-12(9)27)7(1-2-21-14(20)32)35-15-23-25-26-24-15/h7,9,12H,1-5H2,(H,22,28)(H,30,31)(H3,20,21,32)(H,23,24,25,26)/t7?,9?,12-,36?/m1/s1. The first kappa shape index (κ1) is 27.7. The zero-order chi connectivity index (χ0) is 26.6. The lowest BCUT2D eigenvalue weighted by atomic mass is 10.0. The number of carbonyl (C=O) groups excluding carboxylic acids is 3. The molecule has 36 heavy (non-hydrogen) atoms. The van der Waals surface area contributed by atoms with Crippen LogP contribution in [0.5, 0.6) is 0 Å². The van der Waals surface area contributed by atoms with Gasteiger partial charge in [-0.1, -0.05) is 11.8 Å². The molecule has 1 aromatic rings. The van der Waals surface area contributed by atoms with Gasteiger partial charge in [-0.3, -0.25) is 18.7 Å². The number of hydrogen-bond donors (Lipinski definition) is 5. The number of alkyl halides is 3. The molecule has 3 rings (SSSR count). The van der Waals surface area contributed by atoms with Crippen molar-refractivity contribution in [2.75, 3.05) is 23.8 Å². The molecule has 0 aliphatic carbocycles. The van der Waals surface area contributed by atoms with Gasteiger partial charge >= 0.3 is 18.2 Å². The fourth-order valence-corrected chi connectivity index (χ4v) is 6.83. The summed E-state index contributed by atoms with van der Waals surface area (Å²) in [5.74, 6) is -5.73. The second-order valence-electron chi connectivity index (χ2n) is 7.36. The fourth-order valence-electron chi connectivity index (χ4n) is 3.44. The number of nitrogens with two attached hydrogens (primary N) is 1. The van der Waals surface area contributed by atoms with Crippen LogP contribution in [0, 0.1) is 0 Å². The second-order valence-corrected chi connectivity index (χ2v) is 11.1. The first-order chi connectivity index (χ1) is 16.9. The van der Waals surface area contributed by atoms with Crippen molar-refractivity contribution in [2.45, 2.75) is 34.4 Å². The van der Waals surface area contributed by atoms with E-state index >= 15 is 0 Å². The van der Waals surface area contributed by atoms with Crippen molar-refractivity contribution in [3.8, 4) is 0 Å². The predicted molar refractivity (Wildman–Crippen MR) is 120 cm³/mol. The Bertz CT molecular complexity index is 1090. The number of aliphatic carboxylic acids is 1. The Hall–Kier alpha value is -2.87. The molecule has 2 aliphatic rings. The highest BCUT2D eigenvalue weighted by molar-refractivity contribution is 8.01. The summed E-state index contributed by atoms with van der Waals surface area (Å²) in [5.41, 5.74) is 5.09. The summed E-state index contributed by atoms with van der Waals surface area (Å²) in [5, 5.41) is 26.6. The number of tetrazole rings is 1. The molecular weight excluding hydrogens is 553 g/mol. The summed E-state index contributed by atoms with van der Waals surface area (Å²) in [6.07, 6.45) is -4.51. The van der Waals surface area contributed by atoms with Crippen LogP contribution in [0.4, 0.5) is 18.0 Å². The van der Waals surface area contributed by atoms with Gasteiger partial charge in [0.05, 0.1) is 0 Å². The molecule has 4 atom stereocenters. The molecule has 0 spiro atoms. The summed E-state index contributed by atoms with van der Waals surface area (Å²) < 4.78 is 48.6. The summed E-state index contributed by atoms with van der Waals surface area (Å²) >= 11 is 2.18. The lowest BCUT2D eigenvalue weighted by molar-refractivity contribution is -0.150. The van der Waals surface area contributed by atoms with Crippen LogP contribution in [-0.4, -0.2) is 105 Å². The van der Waals surface area contributed by atoms with Gasteiger partial charge in [-0.05, 0) is 17.2 Å². The van der Waals surface area contributed by atoms with E-state index in [1.165, 1.54) is 0 Å². The number of carboxylic acids is 1. The third-order valence-electron chi connectivity index (χ3n) is 4.80. The van der Waals surface area contributed by atoms with Gasteiger partial charge in [0.1, 0.15) is 28.6 Å². The highest BCUT2D eigenvalue weighted by atomic mass is 32.2. The van der Waals surface area contributed by atoms with Crippen LogP contribution in [0.3, 0.4) is 0 Å². The Morgan fingerprint density at radius 2 is 2.11 bits per heavy atom. The van der Waals surface area contributed by atoms with Crippen molar-refractivity contribution in [3.63, 3.8) is 0 Å². The SMILES string of the molecule is NC(=O)NCCC(Sc1nn[nH]n1)C1=C(C(=O)O)N2C(=O)C(NC(=O)CS(=O)CC(F)(F)F)[C@H]2SC1. The van der Waals surface area contributed by atoms with Crippen LogP contribution in [0.25, 0.3) is 0 Å². The molecule has 198 valence electrons. The van der Waals surface area contributed by atoms with Gasteiger partial charge in [0.25, 0.3) is 5.91 Å². The molecule has 3 heterocycles. The van der Waals surface area contributed by atoms with E-state index in [9.17, 15) is 41.7 Å². The molecule has 0 aromatic carbocycles. The fraction of sp³-hybridized carbons (Fsp3) is 0.562. The van der Waals surface area contributed by atoms with Crippen molar-refractivity contribution in [1.29, 1.82) is 0 Å². The van der Waals surface area contributed by atoms with Crippen LogP contribution in [-0.2, 0) is 25.2 Å². The Morgan fingerprint density at radius 1 is 1.39 bits per heavy atom. The average Bonchev–Trinajstić information content (AvgIpc) is 3.27. The van der Waals surface area contributed by atoms with E-state index in [1.54, 1.807) is 0 Å². The van der Waals surface area contributed by atoms with Gasteiger partial charge in [0.15, 0.2) is 0 Å². The minimum Gasteiger partial charge on any atom is -0.477 e. The van der Waals surface area contributed by atoms with Crippen molar-refractivity contribution in [2.24, 2.45) is 5.73 Å². The molecule has 2 aliphatic heterocycles. The quantitative estimate of drug-likeness (QED) is 0.156. The Balaban J connectivity index is 1.76. The van der Waals surface area contributed by atoms with E-state index in [2.05, 4.69) is 31.3 Å². The van der Waals surface area contributed by atoms with Crippen LogP contribution in [0.1, 0.15) is 6.42 Å². The lowest BCUT2D eigenvalue weighted by Crippen LogP contribution is -2.71. The lowest BCUT2D eigenvalue weighted by Gasteiger charge is -2.50. The van der Waals surface area contributed by atoms with E-state index in [0.717, 1.165) is 28.4 Å². The first-order valence-corrected chi connectivity index (χ1v) is 13.3. The van der Waals surface area contributed by atoms with Crippen molar-refractivity contribution >= 4 is 58.1 Å². The van der Waals surface area contributed by atoms with E-state index in [-0.39, 0.29) is 29.6 Å². The number of H-pyrrole nitrogens is 1. The van der Waals surface area contributed by atoms with Crippen LogP contribution < -0.4 is 16.4 Å². The number of urea groups is 1. The van der Waals surface area contributed by atoms with Crippen molar-refractivity contribution < 1.29 is 41.7 Å². The van der Waals surface area contributed by atoms with E-state index in [4.69, 9.17) is 5.73 Å². The highest BCUT2D eigenvalue weighted by Crippen LogP contribution is 2.44. The van der Waals surface area contributed by atoms with Crippen LogP contribution >= 0.6 is 23.5 Å². The maximum atomic E-state index is 12.8. The molecule has 1 fully saturated rings. The first-order valence-electron chi connectivity index (χ1n) is 9.93. The number of primary amides is 1. The molecule has 1 saturated heterocycles. The number of carbonyl (C=O) groups is 4. The predicted octanol–water partition coefficient (Wildman–Crippen LogP) is -1.23. The van der Waals surface area contributed by atoms with E-state index in [0.29, 0.717) is 5.57 Å². The molecule has 3 unspecified atom stereocenters. The normalized spacial score (nSPS) is 21.3. The van der Waals surface area contributed by atoms with Gasteiger partial charge in [0, 0.05) is 28.3 Å². The number of nitrogens with one attached hydrogen (secondary N) is 3. The zero-order valence-corrected chi connectivity index (χ0v) is 20.4. The summed E-state index contributed by atoms with van der Waals surface area (Å²) in [6, 6.07) is -1.97. The molecular formula is C16H19F3N8O6S3. The number of thioether (sulfide) groups is 2. The number of aromatic amines is 1. The number of fused-ring (bicyclic) bond motifs is 1. The largest absolute Gasteiger partial charge is 0.477 e. The smallest absolute Gasteiger partial charge is 0.400 e. The van der Waals surface area contributed by atoms with Crippen LogP contribution in [0.2, 0.25) is 0 Å². The van der Waals surface area contributed by atoms with Gasteiger partial charge in [-0.15, -0.1) is 22.0 Å². The maximum absolute atomic E-state index is 12.8. The highest BCUT2D eigenvalue weighted by Gasteiger charge is 2.55. The van der Waals surface area contributed by atoms with E-state index in [1.807, 2.05) is 0 Å². The number of carboxylic acid groups (broad SMARTS) is 1. The number of aromatic nitrogens is 4. The Kier molecular flexibility index (Phi) is 8.82. The summed E-state index contributed by atoms with van der Waals surface area (Å²) in [7, 11) is -2.52. The minimum atomic E-state index is -4.71. The van der Waals surface area contributed by atoms with Gasteiger partial charge in [-0.2, -0.15) is 18.4 Å². The van der Waals surface area contributed by atoms with Gasteiger partial charge in [0.2, 0.25) is 11.1 Å². The minimum absolute atomic E-state index is 0.0804. The third kappa shape index (κ3) is 6.87. The molecule has 20 heteroatoms. The Morgan fingerprint density at radius 3 is 2.69 bits per heavy atom. The molecule has 14 nitrogen and oxygen atoms in total. The number of halogens is 3. The monoisotopic (exact) mass is 572 g/mol. The number of amides is 4. The molecule has 0 saturated carbocycles. The Labute approximate surface area is 211 Å². The second kappa shape index (κ2) is 11.5. The van der Waals surface area contributed by atoms with Gasteiger partial charge < -0.3 is 21.5 Å². The van der Waals surface area contributed by atoms with E-state index < -0.39 is 69.0 Å². The van der Waals surface area contributed by atoms with Crippen LogP contribution in [0.15, 0.2) is 16.4 Å². The zero-order valence-electron chi connectivity index (χ0n) is 18.0. The average molecular weight is 573 g/mol. The topological polar surface area (TPSA) is 213 Å². The van der Waals surface area contributed by atoms with Crippen molar-refractivity contribution in [1.82, 2.24) is 36.2 Å². The number of nitrogens with zero attached hydrogens (tertiary/aromatic N) is 4. The molecule has 4 amide bonds. The number of hydrogen-bond acceptors (Lipinski definition) is 10. The molecule has 6 N–H and O–H groups in total. The summed E-state index contributed by atoms with van der Waals surface area (Å²) in [4.78, 5) is 49.0. The maximum Gasteiger partial charge on any atom is 0.400 e. The molecule has 1 aromatic heterocycles. The van der Waals surface area contributed by atoms with Crippen molar-refractivity contribution in [3.05, 3.63) is 11.3 Å². The third-order valence-corrected chi connectivity index (χ3v) is 8.53. The molecule has 0 radical (unpaired) electrons. The molecule has 0 bridgehead atoms. The van der Waals surface area contributed by atoms with Gasteiger partial charge in [-0.25, -0.2) is 9.59 Å². The number of β-lactam (4-membered cyclic amide) rings is 1.